The summed E-state index contributed by atoms with van der Waals surface area (Å²) in [5.74, 6) is 1.53. The topological polar surface area (TPSA) is 42.2 Å². The Balaban J connectivity index is 2.78. The van der Waals surface area contributed by atoms with Crippen LogP contribution in [0.4, 0.5) is 0 Å². The molecule has 3 nitrogen and oxygen atoms in total. The van der Waals surface area contributed by atoms with Crippen LogP contribution in [0.25, 0.3) is 0 Å². The Morgan fingerprint density at radius 3 is 2.71 bits per heavy atom. The van der Waals surface area contributed by atoms with Crippen molar-refractivity contribution in [2.24, 2.45) is 0 Å². The molecule has 1 rings (SSSR count). The molecule has 0 aliphatic rings. The molecule has 1 amide bonds. The third-order valence-electron chi connectivity index (χ3n) is 2.09. The van der Waals surface area contributed by atoms with Crippen LogP contribution >= 0.6 is 0 Å². The van der Waals surface area contributed by atoms with E-state index < -0.39 is 0 Å². The maximum atomic E-state index is 11.1. The molecule has 1 atom stereocenters. The number of rotatable bonds is 3. The van der Waals surface area contributed by atoms with Crippen molar-refractivity contribution in [1.29, 1.82) is 0 Å². The zero-order chi connectivity index (χ0) is 10.7. The van der Waals surface area contributed by atoms with Crippen molar-refractivity contribution in [1.82, 2.24) is 5.32 Å². The minimum Gasteiger partial charge on any atom is -0.466 e. The molecule has 1 unspecified atom stereocenters. The van der Waals surface area contributed by atoms with Gasteiger partial charge in [-0.1, -0.05) is 6.58 Å². The molecule has 1 aromatic rings. The molecule has 0 spiro atoms. The predicted molar refractivity (Wildman–Crippen MR) is 54.9 cm³/mol. The van der Waals surface area contributed by atoms with E-state index in [0.29, 0.717) is 0 Å². The highest BCUT2D eigenvalue weighted by atomic mass is 16.3. The van der Waals surface area contributed by atoms with Gasteiger partial charge in [0.1, 0.15) is 11.5 Å². The lowest BCUT2D eigenvalue weighted by atomic mass is 10.1. The van der Waals surface area contributed by atoms with Gasteiger partial charge in [0.05, 0.1) is 6.04 Å². The minimum absolute atomic E-state index is 0.0436. The van der Waals surface area contributed by atoms with Gasteiger partial charge in [0, 0.05) is 5.56 Å². The summed E-state index contributed by atoms with van der Waals surface area (Å²) >= 11 is 0. The number of hydrogen-bond acceptors (Lipinski definition) is 2. The summed E-state index contributed by atoms with van der Waals surface area (Å²) in [7, 11) is 0. The zero-order valence-electron chi connectivity index (χ0n) is 8.76. The Kier molecular flexibility index (Phi) is 3.12. The molecule has 76 valence electrons. The maximum absolute atomic E-state index is 11.1. The monoisotopic (exact) mass is 193 g/mol. The summed E-state index contributed by atoms with van der Waals surface area (Å²) < 4.78 is 5.37. The molecule has 0 aromatic carbocycles. The van der Waals surface area contributed by atoms with E-state index >= 15 is 0 Å². The van der Waals surface area contributed by atoms with Crippen LogP contribution in [0.5, 0.6) is 0 Å². The maximum Gasteiger partial charge on any atom is 0.243 e. The van der Waals surface area contributed by atoms with Crippen molar-refractivity contribution in [2.75, 3.05) is 0 Å². The average molecular weight is 193 g/mol. The molecule has 1 N–H and O–H groups in total. The van der Waals surface area contributed by atoms with Gasteiger partial charge >= 0.3 is 0 Å². The summed E-state index contributed by atoms with van der Waals surface area (Å²) in [5.41, 5.74) is 1.01. The van der Waals surface area contributed by atoms with Crippen LogP contribution in [0.15, 0.2) is 23.1 Å². The van der Waals surface area contributed by atoms with Gasteiger partial charge in [0.25, 0.3) is 0 Å². The first-order valence-electron chi connectivity index (χ1n) is 4.54. The van der Waals surface area contributed by atoms with Crippen LogP contribution in [0, 0.1) is 13.8 Å². The Morgan fingerprint density at radius 2 is 2.29 bits per heavy atom. The number of hydrogen-bond donors (Lipinski definition) is 1. The molecule has 1 heterocycles. The van der Waals surface area contributed by atoms with Gasteiger partial charge < -0.3 is 9.73 Å². The first-order chi connectivity index (χ1) is 6.54. The summed E-state index contributed by atoms with van der Waals surface area (Å²) in [6, 6.07) is 1.89. The van der Waals surface area contributed by atoms with Crippen molar-refractivity contribution in [3.05, 3.63) is 35.8 Å². The molecule has 3 heteroatoms. The molecule has 1 aromatic heterocycles. The zero-order valence-corrected chi connectivity index (χ0v) is 8.76. The molecular formula is C11H15NO2. The molecule has 0 saturated carbocycles. The summed E-state index contributed by atoms with van der Waals surface area (Å²) in [5, 5.41) is 2.78. The van der Waals surface area contributed by atoms with Crippen molar-refractivity contribution in [2.45, 2.75) is 26.8 Å². The Hall–Kier alpha value is -1.51. The summed E-state index contributed by atoms with van der Waals surface area (Å²) in [6.07, 6.45) is 1.26. The highest BCUT2D eigenvalue weighted by Crippen LogP contribution is 2.20. The number of furan rings is 1. The van der Waals surface area contributed by atoms with Crippen molar-refractivity contribution >= 4 is 5.91 Å². The average Bonchev–Trinajstić information content (AvgIpc) is 2.45. The molecule has 0 fully saturated rings. The lowest BCUT2D eigenvalue weighted by Gasteiger charge is -2.10. The van der Waals surface area contributed by atoms with Crippen molar-refractivity contribution in [3.8, 4) is 0 Å². The van der Waals surface area contributed by atoms with Crippen LogP contribution in [0.2, 0.25) is 0 Å². The van der Waals surface area contributed by atoms with Gasteiger partial charge in [-0.15, -0.1) is 0 Å². The molecule has 0 bridgehead atoms. The normalized spacial score (nSPS) is 12.2. The lowest BCUT2D eigenvalue weighted by Crippen LogP contribution is -2.24. The van der Waals surface area contributed by atoms with E-state index in [2.05, 4.69) is 11.9 Å². The van der Waals surface area contributed by atoms with Gasteiger partial charge in [-0.25, -0.2) is 0 Å². The second-order valence-electron chi connectivity index (χ2n) is 3.30. The number of carbonyl (C=O) groups is 1. The number of amides is 1. The van der Waals surface area contributed by atoms with Crippen molar-refractivity contribution < 1.29 is 9.21 Å². The van der Waals surface area contributed by atoms with Crippen molar-refractivity contribution in [3.63, 3.8) is 0 Å². The second kappa shape index (κ2) is 4.13. The predicted octanol–water partition coefficient (Wildman–Crippen LogP) is 2.26. The fourth-order valence-electron chi connectivity index (χ4n) is 1.43. The van der Waals surface area contributed by atoms with Gasteiger partial charge in [-0.3, -0.25) is 4.79 Å². The van der Waals surface area contributed by atoms with Gasteiger partial charge in [-0.2, -0.15) is 0 Å². The van der Waals surface area contributed by atoms with Crippen LogP contribution in [0.3, 0.4) is 0 Å². The second-order valence-corrected chi connectivity index (χ2v) is 3.30. The van der Waals surface area contributed by atoms with Crippen LogP contribution in [-0.4, -0.2) is 5.91 Å². The van der Waals surface area contributed by atoms with E-state index in [0.717, 1.165) is 17.1 Å². The highest BCUT2D eigenvalue weighted by molar-refractivity contribution is 5.87. The number of nitrogens with one attached hydrogen (secondary N) is 1. The smallest absolute Gasteiger partial charge is 0.243 e. The van der Waals surface area contributed by atoms with Gasteiger partial charge in [-0.05, 0) is 32.9 Å². The minimum atomic E-state index is -0.171. The third kappa shape index (κ3) is 2.25. The van der Waals surface area contributed by atoms with E-state index in [9.17, 15) is 4.79 Å². The highest BCUT2D eigenvalue weighted by Gasteiger charge is 2.13. The van der Waals surface area contributed by atoms with E-state index in [4.69, 9.17) is 4.42 Å². The first-order valence-corrected chi connectivity index (χ1v) is 4.54. The first kappa shape index (κ1) is 10.6. The Morgan fingerprint density at radius 1 is 1.64 bits per heavy atom. The largest absolute Gasteiger partial charge is 0.466 e. The van der Waals surface area contributed by atoms with E-state index in [1.165, 1.54) is 6.08 Å². The fourth-order valence-corrected chi connectivity index (χ4v) is 1.43. The fraction of sp³-hybridized carbons (Fsp3) is 0.364. The van der Waals surface area contributed by atoms with E-state index in [1.807, 2.05) is 26.8 Å². The van der Waals surface area contributed by atoms with Crippen LogP contribution in [0.1, 0.15) is 30.0 Å². The standard InChI is InChI=1S/C11H15NO2/c1-5-11(13)12-8(3)10-6-7(2)14-9(10)4/h5-6,8H,1H2,2-4H3,(H,12,13). The Labute approximate surface area is 83.8 Å². The molecule has 0 saturated heterocycles. The molecule has 0 radical (unpaired) electrons. The molecule has 0 aliphatic carbocycles. The van der Waals surface area contributed by atoms with Crippen LogP contribution < -0.4 is 5.32 Å². The van der Waals surface area contributed by atoms with Gasteiger partial charge in [0.2, 0.25) is 5.91 Å². The molecule has 14 heavy (non-hydrogen) atoms. The Bertz CT molecular complexity index is 352. The number of aryl methyl sites for hydroxylation is 2. The third-order valence-corrected chi connectivity index (χ3v) is 2.09. The molecular weight excluding hydrogens is 178 g/mol. The lowest BCUT2D eigenvalue weighted by molar-refractivity contribution is -0.117. The SMILES string of the molecule is C=CC(=O)NC(C)c1cc(C)oc1C. The molecule has 0 aliphatic heterocycles. The van der Waals surface area contributed by atoms with E-state index in [1.54, 1.807) is 0 Å². The summed E-state index contributed by atoms with van der Waals surface area (Å²) in [6.45, 7) is 9.09. The van der Waals surface area contributed by atoms with E-state index in [-0.39, 0.29) is 11.9 Å². The van der Waals surface area contributed by atoms with Crippen LogP contribution in [-0.2, 0) is 4.79 Å². The summed E-state index contributed by atoms with van der Waals surface area (Å²) in [4.78, 5) is 11.1. The van der Waals surface area contributed by atoms with Gasteiger partial charge in [0.15, 0.2) is 0 Å². The quantitative estimate of drug-likeness (QED) is 0.748. The number of carbonyl (C=O) groups excluding carboxylic acids is 1.